The molecule has 0 saturated heterocycles. The van der Waals surface area contributed by atoms with E-state index in [4.69, 9.17) is 21.7 Å². The molecule has 0 amide bonds. The van der Waals surface area contributed by atoms with Crippen LogP contribution >= 0.6 is 12.2 Å². The monoisotopic (exact) mass is 346 g/mol. The molecule has 0 aliphatic carbocycles. The Hall–Kier alpha value is -2.34. The van der Waals surface area contributed by atoms with E-state index < -0.39 is 0 Å². The lowest BCUT2D eigenvalue weighted by atomic mass is 10.2. The minimum absolute atomic E-state index is 0.0875. The normalized spacial score (nSPS) is 15.7. The van der Waals surface area contributed by atoms with Gasteiger partial charge in [-0.15, -0.1) is 0 Å². The molecule has 2 aromatic rings. The molecule has 1 heterocycles. The third-order valence-corrected chi connectivity index (χ3v) is 4.20. The first-order chi connectivity index (χ1) is 11.6. The van der Waals surface area contributed by atoms with E-state index in [1.807, 2.05) is 36.2 Å². The van der Waals surface area contributed by atoms with Crippen LogP contribution in [0, 0.1) is 5.82 Å². The second kappa shape index (κ2) is 7.49. The summed E-state index contributed by atoms with van der Waals surface area (Å²) < 4.78 is 24.5. The van der Waals surface area contributed by atoms with Crippen LogP contribution < -0.4 is 14.8 Å². The zero-order chi connectivity index (χ0) is 16.9. The summed E-state index contributed by atoms with van der Waals surface area (Å²) in [5.74, 6) is 1.29. The molecule has 0 bridgehead atoms. The molecule has 0 aromatic heterocycles. The largest absolute Gasteiger partial charge is 0.486 e. The van der Waals surface area contributed by atoms with Crippen molar-refractivity contribution in [2.24, 2.45) is 0 Å². The van der Waals surface area contributed by atoms with E-state index in [0.29, 0.717) is 24.8 Å². The van der Waals surface area contributed by atoms with Crippen molar-refractivity contribution in [2.75, 3.05) is 20.2 Å². The molecule has 126 valence electrons. The van der Waals surface area contributed by atoms with Gasteiger partial charge in [0.25, 0.3) is 0 Å². The summed E-state index contributed by atoms with van der Waals surface area (Å²) in [6, 6.07) is 14.0. The molecule has 6 heteroatoms. The average molecular weight is 346 g/mol. The fourth-order valence-corrected chi connectivity index (χ4v) is 2.60. The van der Waals surface area contributed by atoms with Gasteiger partial charge in [-0.3, -0.25) is 0 Å². The van der Waals surface area contributed by atoms with Crippen molar-refractivity contribution in [3.63, 3.8) is 0 Å². The van der Waals surface area contributed by atoms with E-state index in [-0.39, 0.29) is 11.9 Å². The third-order valence-electron chi connectivity index (χ3n) is 3.75. The standard InChI is InChI=1S/C18H19FN2O2S/c1-21(18(24)20-10-13-6-8-14(19)9-7-13)11-15-12-22-16-4-2-3-5-17(16)23-15/h2-9,15H,10-12H2,1H3,(H,20,24)/t15-/m0/s1. The van der Waals surface area contributed by atoms with Gasteiger partial charge in [0.15, 0.2) is 22.7 Å². The lowest BCUT2D eigenvalue weighted by Crippen LogP contribution is -2.45. The van der Waals surface area contributed by atoms with Crippen LogP contribution in [0.4, 0.5) is 4.39 Å². The summed E-state index contributed by atoms with van der Waals surface area (Å²) in [6.45, 7) is 1.65. The summed E-state index contributed by atoms with van der Waals surface area (Å²) in [5.41, 5.74) is 0.971. The highest BCUT2D eigenvalue weighted by molar-refractivity contribution is 7.80. The predicted octanol–water partition coefficient (Wildman–Crippen LogP) is 2.97. The van der Waals surface area contributed by atoms with Crippen LogP contribution in [0.3, 0.4) is 0 Å². The van der Waals surface area contributed by atoms with E-state index in [9.17, 15) is 4.39 Å². The molecule has 24 heavy (non-hydrogen) atoms. The number of thiocarbonyl (C=S) groups is 1. The minimum atomic E-state index is -0.242. The molecule has 0 fully saturated rings. The second-order valence-corrected chi connectivity index (χ2v) is 6.05. The molecule has 1 aliphatic heterocycles. The second-order valence-electron chi connectivity index (χ2n) is 5.66. The Morgan fingerprint density at radius 3 is 2.67 bits per heavy atom. The number of fused-ring (bicyclic) bond motifs is 1. The molecule has 4 nitrogen and oxygen atoms in total. The average Bonchev–Trinajstić information content (AvgIpc) is 2.61. The number of likely N-dealkylation sites (N-methyl/N-ethyl adjacent to an activating group) is 1. The summed E-state index contributed by atoms with van der Waals surface area (Å²) in [5, 5.41) is 3.78. The van der Waals surface area contributed by atoms with Crippen LogP contribution in [-0.2, 0) is 6.54 Å². The number of ether oxygens (including phenoxy) is 2. The SMILES string of the molecule is CN(C[C@H]1COc2ccccc2O1)C(=S)NCc1ccc(F)cc1. The van der Waals surface area contributed by atoms with E-state index >= 15 is 0 Å². The molecular formula is C18H19FN2O2S. The fourth-order valence-electron chi connectivity index (χ4n) is 2.46. The van der Waals surface area contributed by atoms with E-state index in [1.54, 1.807) is 12.1 Å². The first-order valence-corrected chi connectivity index (χ1v) is 8.14. The van der Waals surface area contributed by atoms with Crippen LogP contribution in [0.15, 0.2) is 48.5 Å². The highest BCUT2D eigenvalue weighted by Crippen LogP contribution is 2.30. The zero-order valence-electron chi connectivity index (χ0n) is 13.4. The van der Waals surface area contributed by atoms with Crippen molar-refractivity contribution < 1.29 is 13.9 Å². The number of benzene rings is 2. The van der Waals surface area contributed by atoms with E-state index in [2.05, 4.69) is 5.32 Å². The van der Waals surface area contributed by atoms with Crippen molar-refractivity contribution in [1.82, 2.24) is 10.2 Å². The number of nitrogens with one attached hydrogen (secondary N) is 1. The number of halogens is 1. The maximum absolute atomic E-state index is 12.9. The number of hydrogen-bond donors (Lipinski definition) is 1. The van der Waals surface area contributed by atoms with Crippen LogP contribution in [0.1, 0.15) is 5.56 Å². The Bertz CT molecular complexity index is 708. The van der Waals surface area contributed by atoms with Crippen molar-refractivity contribution >= 4 is 17.3 Å². The smallest absolute Gasteiger partial charge is 0.169 e. The van der Waals surface area contributed by atoms with Gasteiger partial charge in [0.2, 0.25) is 0 Å². The summed E-state index contributed by atoms with van der Waals surface area (Å²) >= 11 is 5.39. The Balaban J connectivity index is 1.49. The van der Waals surface area contributed by atoms with E-state index in [1.165, 1.54) is 12.1 Å². The predicted molar refractivity (Wildman–Crippen MR) is 94.8 cm³/mol. The zero-order valence-corrected chi connectivity index (χ0v) is 14.2. The topological polar surface area (TPSA) is 33.7 Å². The first-order valence-electron chi connectivity index (χ1n) is 7.74. The summed E-state index contributed by atoms with van der Waals surface area (Å²) in [6.07, 6.45) is -0.0875. The van der Waals surface area contributed by atoms with Gasteiger partial charge >= 0.3 is 0 Å². The number of rotatable bonds is 4. The van der Waals surface area contributed by atoms with Gasteiger partial charge in [0.05, 0.1) is 6.54 Å². The molecule has 0 saturated carbocycles. The third kappa shape index (κ3) is 4.14. The molecule has 1 atom stereocenters. The van der Waals surface area contributed by atoms with Crippen LogP contribution in [0.25, 0.3) is 0 Å². The van der Waals surface area contributed by atoms with Gasteiger partial charge < -0.3 is 19.7 Å². The minimum Gasteiger partial charge on any atom is -0.486 e. The van der Waals surface area contributed by atoms with Gasteiger partial charge in [-0.25, -0.2) is 4.39 Å². The summed E-state index contributed by atoms with van der Waals surface area (Å²) in [7, 11) is 1.91. The Morgan fingerprint density at radius 2 is 1.92 bits per heavy atom. The van der Waals surface area contributed by atoms with Crippen molar-refractivity contribution in [1.29, 1.82) is 0 Å². The number of nitrogens with zero attached hydrogens (tertiary/aromatic N) is 1. The summed E-state index contributed by atoms with van der Waals surface area (Å²) in [4.78, 5) is 1.92. The fraction of sp³-hybridized carbons (Fsp3) is 0.278. The molecule has 3 rings (SSSR count). The van der Waals surface area contributed by atoms with Gasteiger partial charge in [0.1, 0.15) is 12.4 Å². The molecule has 0 radical (unpaired) electrons. The Labute approximate surface area is 146 Å². The van der Waals surface area contributed by atoms with Crippen molar-refractivity contribution in [2.45, 2.75) is 12.6 Å². The lowest BCUT2D eigenvalue weighted by molar-refractivity contribution is 0.0779. The molecule has 0 spiro atoms. The molecule has 0 unspecified atom stereocenters. The van der Waals surface area contributed by atoms with Crippen molar-refractivity contribution in [3.8, 4) is 11.5 Å². The van der Waals surface area contributed by atoms with Crippen LogP contribution in [-0.4, -0.2) is 36.3 Å². The van der Waals surface area contributed by atoms with Gasteiger partial charge in [0, 0.05) is 13.6 Å². The maximum atomic E-state index is 12.9. The molecule has 1 aliphatic rings. The Morgan fingerprint density at radius 1 is 1.21 bits per heavy atom. The number of para-hydroxylation sites is 2. The van der Waals surface area contributed by atoms with E-state index in [0.717, 1.165) is 17.1 Å². The Kier molecular flexibility index (Phi) is 5.15. The first kappa shape index (κ1) is 16.5. The number of hydrogen-bond acceptors (Lipinski definition) is 3. The van der Waals surface area contributed by atoms with Crippen molar-refractivity contribution in [3.05, 3.63) is 59.9 Å². The van der Waals surface area contributed by atoms with Crippen LogP contribution in [0.5, 0.6) is 11.5 Å². The molecule has 2 aromatic carbocycles. The molecule has 1 N–H and O–H groups in total. The van der Waals surface area contributed by atoms with Gasteiger partial charge in [-0.2, -0.15) is 0 Å². The van der Waals surface area contributed by atoms with Gasteiger partial charge in [-0.1, -0.05) is 24.3 Å². The molecular weight excluding hydrogens is 327 g/mol. The highest BCUT2D eigenvalue weighted by atomic mass is 32.1. The highest BCUT2D eigenvalue weighted by Gasteiger charge is 2.22. The van der Waals surface area contributed by atoms with Crippen LogP contribution in [0.2, 0.25) is 0 Å². The van der Waals surface area contributed by atoms with Gasteiger partial charge in [-0.05, 0) is 42.0 Å². The quantitative estimate of drug-likeness (QED) is 0.861. The maximum Gasteiger partial charge on any atom is 0.169 e. The lowest BCUT2D eigenvalue weighted by Gasteiger charge is -2.30.